The number of aromatic nitrogens is 1. The minimum Gasteiger partial charge on any atom is -0.274 e. The molecule has 0 aliphatic heterocycles. The Hall–Kier alpha value is -2.03. The molecule has 2 aromatic carbocycles. The number of halogens is 1. The standard InChI is InChI=1S/C19H17BrN2O3S2/c1-12-8-16(20)7-6-14(12)10-18(23)22-27(24,25)17-5-3-4-15(9-17)19-21-13(2)11-26-19/h3-9,11H,10H2,1-2H3,(H,22,23). The van der Waals surface area contributed by atoms with Crippen LogP contribution in [0.4, 0.5) is 0 Å². The Balaban J connectivity index is 1.79. The average molecular weight is 465 g/mol. The summed E-state index contributed by atoms with van der Waals surface area (Å²) in [6.45, 7) is 3.76. The molecule has 0 atom stereocenters. The van der Waals surface area contributed by atoms with Gasteiger partial charge in [0, 0.05) is 21.1 Å². The Morgan fingerprint density at radius 3 is 2.63 bits per heavy atom. The summed E-state index contributed by atoms with van der Waals surface area (Å²) in [5, 5.41) is 2.64. The number of sulfonamides is 1. The van der Waals surface area contributed by atoms with E-state index in [2.05, 4.69) is 25.6 Å². The quantitative estimate of drug-likeness (QED) is 0.612. The molecular weight excluding hydrogens is 448 g/mol. The minimum atomic E-state index is -3.96. The molecule has 0 radical (unpaired) electrons. The lowest BCUT2D eigenvalue weighted by molar-refractivity contribution is -0.118. The van der Waals surface area contributed by atoms with Gasteiger partial charge in [-0.15, -0.1) is 11.3 Å². The highest BCUT2D eigenvalue weighted by Gasteiger charge is 2.19. The fraction of sp³-hybridized carbons (Fsp3) is 0.158. The zero-order valence-electron chi connectivity index (χ0n) is 14.7. The van der Waals surface area contributed by atoms with E-state index in [9.17, 15) is 13.2 Å². The van der Waals surface area contributed by atoms with Gasteiger partial charge < -0.3 is 0 Å². The van der Waals surface area contributed by atoms with Crippen molar-refractivity contribution in [2.75, 3.05) is 0 Å². The van der Waals surface area contributed by atoms with E-state index < -0.39 is 15.9 Å². The maximum Gasteiger partial charge on any atom is 0.264 e. The van der Waals surface area contributed by atoms with E-state index in [-0.39, 0.29) is 11.3 Å². The number of benzene rings is 2. The van der Waals surface area contributed by atoms with E-state index in [4.69, 9.17) is 0 Å². The van der Waals surface area contributed by atoms with E-state index in [1.165, 1.54) is 23.5 Å². The summed E-state index contributed by atoms with van der Waals surface area (Å²) in [4.78, 5) is 16.7. The summed E-state index contributed by atoms with van der Waals surface area (Å²) in [5.41, 5.74) is 3.27. The van der Waals surface area contributed by atoms with Crippen molar-refractivity contribution in [1.29, 1.82) is 0 Å². The zero-order chi connectivity index (χ0) is 19.6. The van der Waals surface area contributed by atoms with Gasteiger partial charge in [-0.1, -0.05) is 34.1 Å². The third-order valence-corrected chi connectivity index (χ3v) is 6.79. The van der Waals surface area contributed by atoms with Crippen LogP contribution in [0.3, 0.4) is 0 Å². The summed E-state index contributed by atoms with van der Waals surface area (Å²) >= 11 is 4.81. The zero-order valence-corrected chi connectivity index (χ0v) is 17.9. The molecule has 0 aliphatic rings. The second-order valence-electron chi connectivity index (χ2n) is 6.10. The first-order valence-electron chi connectivity index (χ1n) is 8.08. The van der Waals surface area contributed by atoms with Crippen LogP contribution >= 0.6 is 27.3 Å². The van der Waals surface area contributed by atoms with Gasteiger partial charge in [-0.3, -0.25) is 4.79 Å². The Morgan fingerprint density at radius 1 is 1.19 bits per heavy atom. The molecule has 0 saturated heterocycles. The van der Waals surface area contributed by atoms with Crippen LogP contribution in [0.5, 0.6) is 0 Å². The number of rotatable bonds is 5. The van der Waals surface area contributed by atoms with E-state index in [1.54, 1.807) is 18.2 Å². The van der Waals surface area contributed by atoms with E-state index in [1.807, 2.05) is 31.4 Å². The number of carbonyl (C=O) groups is 1. The normalized spacial score (nSPS) is 11.4. The first-order chi connectivity index (χ1) is 12.7. The second kappa shape index (κ2) is 7.92. The molecule has 0 saturated carbocycles. The van der Waals surface area contributed by atoms with Gasteiger partial charge in [-0.05, 0) is 49.2 Å². The lowest BCUT2D eigenvalue weighted by atomic mass is 10.1. The average Bonchev–Trinajstić information content (AvgIpc) is 3.04. The van der Waals surface area contributed by atoms with Crippen LogP contribution in [0.15, 0.2) is 57.2 Å². The maximum absolute atomic E-state index is 12.6. The van der Waals surface area contributed by atoms with Crippen molar-refractivity contribution < 1.29 is 13.2 Å². The van der Waals surface area contributed by atoms with Crippen LogP contribution in [-0.4, -0.2) is 19.3 Å². The summed E-state index contributed by atoms with van der Waals surface area (Å²) in [6.07, 6.45) is -0.0102. The number of nitrogens with one attached hydrogen (secondary N) is 1. The van der Waals surface area contributed by atoms with E-state index >= 15 is 0 Å². The van der Waals surface area contributed by atoms with Gasteiger partial charge in [0.25, 0.3) is 10.0 Å². The summed E-state index contributed by atoms with van der Waals surface area (Å²) < 4.78 is 28.3. The Morgan fingerprint density at radius 2 is 1.96 bits per heavy atom. The molecule has 140 valence electrons. The summed E-state index contributed by atoms with van der Waals surface area (Å²) in [7, 11) is -3.96. The molecule has 27 heavy (non-hydrogen) atoms. The van der Waals surface area contributed by atoms with Crippen LogP contribution in [0.1, 0.15) is 16.8 Å². The number of amides is 1. The van der Waals surface area contributed by atoms with Crippen molar-refractivity contribution in [3.8, 4) is 10.6 Å². The van der Waals surface area contributed by atoms with Crippen molar-refractivity contribution in [2.24, 2.45) is 0 Å². The molecule has 3 rings (SSSR count). The van der Waals surface area contributed by atoms with Gasteiger partial charge in [-0.2, -0.15) is 0 Å². The molecule has 1 aromatic heterocycles. The van der Waals surface area contributed by atoms with Crippen molar-refractivity contribution in [3.05, 3.63) is 69.1 Å². The molecular formula is C19H17BrN2O3S2. The lowest BCUT2D eigenvalue weighted by Gasteiger charge is -2.09. The van der Waals surface area contributed by atoms with Gasteiger partial charge in [0.1, 0.15) is 5.01 Å². The maximum atomic E-state index is 12.6. The molecule has 0 bridgehead atoms. The first kappa shape index (κ1) is 19.7. The third-order valence-electron chi connectivity index (χ3n) is 3.91. The van der Waals surface area contributed by atoms with Crippen molar-refractivity contribution >= 4 is 43.2 Å². The fourth-order valence-corrected chi connectivity index (χ4v) is 4.86. The van der Waals surface area contributed by atoms with Crippen molar-refractivity contribution in [2.45, 2.75) is 25.2 Å². The second-order valence-corrected chi connectivity index (χ2v) is 9.55. The first-order valence-corrected chi connectivity index (χ1v) is 11.2. The van der Waals surface area contributed by atoms with Gasteiger partial charge in [0.05, 0.1) is 11.3 Å². The van der Waals surface area contributed by atoms with Crippen LogP contribution in [-0.2, 0) is 21.2 Å². The molecule has 1 heterocycles. The molecule has 1 amide bonds. The predicted molar refractivity (Wildman–Crippen MR) is 110 cm³/mol. The molecule has 8 heteroatoms. The number of hydrogen-bond acceptors (Lipinski definition) is 5. The molecule has 0 aliphatic carbocycles. The molecule has 0 fully saturated rings. The van der Waals surface area contributed by atoms with Gasteiger partial charge >= 0.3 is 0 Å². The highest BCUT2D eigenvalue weighted by molar-refractivity contribution is 9.10. The lowest BCUT2D eigenvalue weighted by Crippen LogP contribution is -2.32. The third kappa shape index (κ3) is 4.82. The highest BCUT2D eigenvalue weighted by Crippen LogP contribution is 2.25. The van der Waals surface area contributed by atoms with Crippen LogP contribution in [0.2, 0.25) is 0 Å². The smallest absolute Gasteiger partial charge is 0.264 e. The Kier molecular flexibility index (Phi) is 5.78. The number of nitrogens with zero attached hydrogens (tertiary/aromatic N) is 1. The molecule has 3 aromatic rings. The monoisotopic (exact) mass is 464 g/mol. The highest BCUT2D eigenvalue weighted by atomic mass is 79.9. The molecule has 0 spiro atoms. The number of aryl methyl sites for hydroxylation is 2. The van der Waals surface area contributed by atoms with E-state index in [0.717, 1.165) is 26.3 Å². The molecule has 1 N–H and O–H groups in total. The van der Waals surface area contributed by atoms with Crippen molar-refractivity contribution in [3.63, 3.8) is 0 Å². The van der Waals surface area contributed by atoms with Gasteiger partial charge in [-0.25, -0.2) is 18.1 Å². The summed E-state index contributed by atoms with van der Waals surface area (Å²) in [5.74, 6) is -0.573. The van der Waals surface area contributed by atoms with Gasteiger partial charge in [0.15, 0.2) is 0 Å². The number of carbonyl (C=O) groups excluding carboxylic acids is 1. The molecule has 5 nitrogen and oxygen atoms in total. The van der Waals surface area contributed by atoms with E-state index in [0.29, 0.717) is 5.56 Å². The summed E-state index contributed by atoms with van der Waals surface area (Å²) in [6, 6.07) is 11.9. The Labute approximate surface area is 170 Å². The van der Waals surface area contributed by atoms with Crippen LogP contribution in [0.25, 0.3) is 10.6 Å². The van der Waals surface area contributed by atoms with Gasteiger partial charge in [0.2, 0.25) is 5.91 Å². The largest absolute Gasteiger partial charge is 0.274 e. The topological polar surface area (TPSA) is 76.1 Å². The van der Waals surface area contributed by atoms with Crippen LogP contribution < -0.4 is 4.72 Å². The number of thiazole rings is 1. The van der Waals surface area contributed by atoms with Crippen molar-refractivity contribution in [1.82, 2.24) is 9.71 Å². The SMILES string of the molecule is Cc1csc(-c2cccc(S(=O)(=O)NC(=O)Cc3ccc(Br)cc3C)c2)n1. The Bertz CT molecular complexity index is 1110. The predicted octanol–water partition coefficient (Wildman–Crippen LogP) is 4.24. The minimum absolute atomic E-state index is 0.0102. The van der Waals surface area contributed by atoms with Crippen LogP contribution in [0, 0.1) is 13.8 Å². The molecule has 0 unspecified atom stereocenters. The fourth-order valence-electron chi connectivity index (χ4n) is 2.56. The number of hydrogen-bond donors (Lipinski definition) is 1.